The molecule has 0 fully saturated rings. The van der Waals surface area contributed by atoms with Gasteiger partial charge in [-0.1, -0.05) is 66.7 Å². The monoisotopic (exact) mass is 662 g/mol. The number of aromatic nitrogens is 3. The second-order valence-corrected chi connectivity index (χ2v) is 12.8. The van der Waals surface area contributed by atoms with E-state index in [1.165, 1.54) is 21.5 Å². The normalized spacial score (nSPS) is 11.8. The molecule has 0 aliphatic heterocycles. The third kappa shape index (κ3) is 4.23. The van der Waals surface area contributed by atoms with Gasteiger partial charge in [-0.3, -0.25) is 0 Å². The quantitative estimate of drug-likeness (QED) is 0.101. The number of nitrogens with zero attached hydrogens (tertiary/aromatic N) is 3. The number of hydrogen-bond acceptors (Lipinski definition) is 4. The molecule has 2 aromatic heterocycles. The van der Waals surface area contributed by atoms with Crippen LogP contribution in [-0.4, -0.2) is 30.9 Å². The Balaban J connectivity index is 1.50. The third-order valence-corrected chi connectivity index (χ3v) is 10.3. The van der Waals surface area contributed by atoms with Crippen molar-refractivity contribution in [2.45, 2.75) is 0 Å². The Bertz CT molecular complexity index is 2960. The van der Waals surface area contributed by atoms with Crippen molar-refractivity contribution in [1.82, 2.24) is 9.55 Å². The average molecular weight is 663 g/mol. The predicted octanol–water partition coefficient (Wildman–Crippen LogP) is 10.2. The molecule has 244 valence electrons. The van der Waals surface area contributed by atoms with Crippen molar-refractivity contribution in [3.05, 3.63) is 140 Å². The number of hydrogen-bond donors (Lipinski definition) is 0. The lowest BCUT2D eigenvalue weighted by atomic mass is 9.92. The van der Waals surface area contributed by atoms with Gasteiger partial charge >= 0.3 is 5.82 Å². The highest BCUT2D eigenvalue weighted by Crippen LogP contribution is 2.44. The van der Waals surface area contributed by atoms with Gasteiger partial charge in [0.2, 0.25) is 0 Å². The van der Waals surface area contributed by atoms with E-state index in [2.05, 4.69) is 118 Å². The van der Waals surface area contributed by atoms with Crippen LogP contribution in [0.15, 0.2) is 140 Å². The standard InChI is InChI=1S/C45H32N3O3/c1-49-31-20-16-29(17-21-31)42-36-26-33(51-3)24-25-38(36)47(30-18-22-32(50-2)23-19-30)45(42)48-39-13-5-4-12-37(39)46-43-34-10-6-8-27-14-15-28-9-7-11-35(44(43)48)41(28)40(27)34/h4-26H,1-3H3/q+1. The van der Waals surface area contributed by atoms with E-state index >= 15 is 0 Å². The SMILES string of the molecule is COc1ccc(-c2c(-[n+]3c4ccccc4nc4c5cccc6ccc7cccc(c7c65)c43)n(-c3ccc(OC)cc3)c3ccc(OC)cc23)cc1. The van der Waals surface area contributed by atoms with Crippen molar-refractivity contribution in [3.8, 4) is 39.9 Å². The van der Waals surface area contributed by atoms with E-state index in [0.717, 1.165) is 83.6 Å². The molecule has 2 heterocycles. The highest BCUT2D eigenvalue weighted by atomic mass is 16.5. The first-order valence-electron chi connectivity index (χ1n) is 17.0. The molecule has 0 atom stereocenters. The first-order valence-corrected chi connectivity index (χ1v) is 17.0. The largest absolute Gasteiger partial charge is 0.497 e. The highest BCUT2D eigenvalue weighted by Gasteiger charge is 2.33. The molecular formula is C45H32N3O3+. The number of benzene rings is 8. The molecule has 10 aromatic rings. The molecule has 6 heteroatoms. The summed E-state index contributed by atoms with van der Waals surface area (Å²) in [6.07, 6.45) is 0. The Morgan fingerprint density at radius 1 is 0.549 bits per heavy atom. The molecule has 0 unspecified atom stereocenters. The zero-order valence-corrected chi connectivity index (χ0v) is 28.3. The zero-order valence-electron chi connectivity index (χ0n) is 28.3. The van der Waals surface area contributed by atoms with Gasteiger partial charge in [0.15, 0.2) is 11.0 Å². The summed E-state index contributed by atoms with van der Waals surface area (Å²) in [7, 11) is 5.12. The first-order chi connectivity index (χ1) is 25.2. The minimum atomic E-state index is 0.785. The minimum absolute atomic E-state index is 0.785. The Morgan fingerprint density at radius 2 is 1.18 bits per heavy atom. The summed E-state index contributed by atoms with van der Waals surface area (Å²) in [6.45, 7) is 0. The number of methoxy groups -OCH3 is 3. The van der Waals surface area contributed by atoms with Gasteiger partial charge in [-0.05, 0) is 94.5 Å². The number of rotatable bonds is 6. The third-order valence-electron chi connectivity index (χ3n) is 10.3. The topological polar surface area (TPSA) is 49.4 Å². The van der Waals surface area contributed by atoms with Crippen LogP contribution in [0.5, 0.6) is 17.2 Å². The van der Waals surface area contributed by atoms with E-state index in [4.69, 9.17) is 19.2 Å². The Labute approximate surface area is 293 Å². The summed E-state index contributed by atoms with van der Waals surface area (Å²) in [5.41, 5.74) is 8.06. The van der Waals surface area contributed by atoms with E-state index in [1.807, 2.05) is 30.3 Å². The van der Waals surface area contributed by atoms with Gasteiger partial charge in [-0.25, -0.2) is 4.98 Å². The maximum atomic E-state index is 5.85. The summed E-state index contributed by atoms with van der Waals surface area (Å²) in [6, 6.07) is 49.1. The fraction of sp³-hybridized carbons (Fsp3) is 0.0667. The van der Waals surface area contributed by atoms with E-state index in [9.17, 15) is 0 Å². The summed E-state index contributed by atoms with van der Waals surface area (Å²) in [5, 5.41) is 8.23. The second kappa shape index (κ2) is 11.2. The smallest absolute Gasteiger partial charge is 0.301 e. The van der Waals surface area contributed by atoms with Gasteiger partial charge < -0.3 is 14.2 Å². The lowest BCUT2D eigenvalue weighted by molar-refractivity contribution is -0.541. The Hall–Kier alpha value is -6.66. The molecule has 0 aliphatic carbocycles. The number of fused-ring (bicyclic) bond motifs is 5. The van der Waals surface area contributed by atoms with E-state index in [1.54, 1.807) is 21.3 Å². The van der Waals surface area contributed by atoms with Gasteiger partial charge in [-0.15, -0.1) is 0 Å². The van der Waals surface area contributed by atoms with E-state index in [-0.39, 0.29) is 0 Å². The van der Waals surface area contributed by atoms with Gasteiger partial charge in [0, 0.05) is 21.5 Å². The fourth-order valence-electron chi connectivity index (χ4n) is 7.98. The molecule has 8 aromatic carbocycles. The second-order valence-electron chi connectivity index (χ2n) is 12.8. The zero-order chi connectivity index (χ0) is 34.2. The lowest BCUT2D eigenvalue weighted by Gasteiger charge is -2.17. The number of ether oxygens (including phenoxy) is 3. The van der Waals surface area contributed by atoms with Crippen molar-refractivity contribution in [2.75, 3.05) is 21.3 Å². The number of para-hydroxylation sites is 2. The van der Waals surface area contributed by atoms with Crippen LogP contribution < -0.4 is 18.8 Å². The van der Waals surface area contributed by atoms with Gasteiger partial charge in [0.25, 0.3) is 0 Å². The summed E-state index contributed by atoms with van der Waals surface area (Å²) in [4.78, 5) is 5.46. The summed E-state index contributed by atoms with van der Waals surface area (Å²) >= 11 is 0. The molecule has 6 nitrogen and oxygen atoms in total. The van der Waals surface area contributed by atoms with Gasteiger partial charge in [-0.2, -0.15) is 9.13 Å². The average Bonchev–Trinajstić information content (AvgIpc) is 3.53. The predicted molar refractivity (Wildman–Crippen MR) is 206 cm³/mol. The van der Waals surface area contributed by atoms with Gasteiger partial charge in [0.05, 0.1) is 26.9 Å². The molecule has 0 saturated carbocycles. The van der Waals surface area contributed by atoms with Gasteiger partial charge in [0.1, 0.15) is 39.5 Å². The first kappa shape index (κ1) is 29.3. The van der Waals surface area contributed by atoms with Crippen molar-refractivity contribution in [1.29, 1.82) is 0 Å². The summed E-state index contributed by atoms with van der Waals surface area (Å²) < 4.78 is 21.9. The molecule has 10 rings (SSSR count). The van der Waals surface area contributed by atoms with Crippen molar-refractivity contribution in [2.24, 2.45) is 0 Å². The van der Waals surface area contributed by atoms with Crippen LogP contribution in [-0.2, 0) is 0 Å². The maximum absolute atomic E-state index is 5.85. The molecule has 0 saturated heterocycles. The maximum Gasteiger partial charge on any atom is 0.301 e. The van der Waals surface area contributed by atoms with Crippen LogP contribution in [0.25, 0.3) is 87.9 Å². The fourth-order valence-corrected chi connectivity index (χ4v) is 7.98. The summed E-state index contributed by atoms with van der Waals surface area (Å²) in [5.74, 6) is 3.37. The van der Waals surface area contributed by atoms with Crippen LogP contribution >= 0.6 is 0 Å². The molecule has 51 heavy (non-hydrogen) atoms. The van der Waals surface area contributed by atoms with Crippen molar-refractivity contribution >= 4 is 65.3 Å². The van der Waals surface area contributed by atoms with E-state index in [0.29, 0.717) is 0 Å². The Morgan fingerprint density at radius 3 is 1.88 bits per heavy atom. The minimum Gasteiger partial charge on any atom is -0.497 e. The molecule has 0 N–H and O–H groups in total. The molecule has 0 aliphatic rings. The molecular weight excluding hydrogens is 631 g/mol. The lowest BCUT2D eigenvalue weighted by Crippen LogP contribution is -2.36. The molecule has 0 amide bonds. The molecule has 0 radical (unpaired) electrons. The van der Waals surface area contributed by atoms with Crippen molar-refractivity contribution < 1.29 is 18.8 Å². The molecule has 0 bridgehead atoms. The Kier molecular flexibility index (Phi) is 6.42. The van der Waals surface area contributed by atoms with E-state index < -0.39 is 0 Å². The van der Waals surface area contributed by atoms with Crippen molar-refractivity contribution in [3.63, 3.8) is 0 Å². The van der Waals surface area contributed by atoms with Crippen LogP contribution in [0.3, 0.4) is 0 Å². The highest BCUT2D eigenvalue weighted by molar-refractivity contribution is 6.32. The van der Waals surface area contributed by atoms with Crippen LogP contribution in [0, 0.1) is 0 Å². The van der Waals surface area contributed by atoms with Crippen LogP contribution in [0.4, 0.5) is 0 Å². The van der Waals surface area contributed by atoms with Crippen LogP contribution in [0.1, 0.15) is 0 Å². The van der Waals surface area contributed by atoms with Crippen LogP contribution in [0.2, 0.25) is 0 Å². The molecule has 0 spiro atoms.